The summed E-state index contributed by atoms with van der Waals surface area (Å²) < 4.78 is 0. The molecule has 2 saturated carbocycles. The summed E-state index contributed by atoms with van der Waals surface area (Å²) in [7, 11) is 0. The van der Waals surface area contributed by atoms with Gasteiger partial charge in [-0.25, -0.2) is 0 Å². The molecule has 0 spiro atoms. The summed E-state index contributed by atoms with van der Waals surface area (Å²) in [5.74, 6) is 0.937. The molecule has 2 aliphatic rings. The molecule has 0 aromatic carbocycles. The molecule has 0 heterocycles. The lowest BCUT2D eigenvalue weighted by Crippen LogP contribution is -2.38. The van der Waals surface area contributed by atoms with E-state index in [1.165, 1.54) is 77.0 Å². The van der Waals surface area contributed by atoms with Crippen LogP contribution in [0, 0.1) is 11.3 Å². The first-order valence-corrected chi connectivity index (χ1v) is 9.32. The molecule has 118 valence electrons. The average molecular weight is 280 g/mol. The molecule has 1 heteroatoms. The standard InChI is InChI=1S/C19H37N/c1-19(2,3)16-10-9-13-18(15-14-16)20-17-11-7-5-4-6-8-12-17/h16-18,20H,4-15H2,1-3H3. The number of hydrogen-bond donors (Lipinski definition) is 1. The lowest BCUT2D eigenvalue weighted by Gasteiger charge is -2.30. The molecule has 0 aromatic rings. The second-order valence-corrected chi connectivity index (χ2v) is 8.48. The van der Waals surface area contributed by atoms with Crippen molar-refractivity contribution >= 4 is 0 Å². The van der Waals surface area contributed by atoms with Crippen LogP contribution in [0.5, 0.6) is 0 Å². The molecule has 0 amide bonds. The van der Waals surface area contributed by atoms with Crippen molar-refractivity contribution in [2.75, 3.05) is 0 Å². The van der Waals surface area contributed by atoms with Gasteiger partial charge in [0, 0.05) is 12.1 Å². The van der Waals surface area contributed by atoms with Crippen molar-refractivity contribution in [3.8, 4) is 0 Å². The maximum Gasteiger partial charge on any atom is 0.00697 e. The molecule has 2 aliphatic carbocycles. The molecule has 2 unspecified atom stereocenters. The number of hydrogen-bond acceptors (Lipinski definition) is 1. The third kappa shape index (κ3) is 5.39. The minimum atomic E-state index is 0.509. The van der Waals surface area contributed by atoms with Crippen LogP contribution in [-0.4, -0.2) is 12.1 Å². The Morgan fingerprint density at radius 2 is 1.15 bits per heavy atom. The minimum Gasteiger partial charge on any atom is -0.311 e. The smallest absolute Gasteiger partial charge is 0.00697 e. The third-order valence-corrected chi connectivity index (χ3v) is 5.77. The largest absolute Gasteiger partial charge is 0.311 e. The van der Waals surface area contributed by atoms with Gasteiger partial charge in [-0.3, -0.25) is 0 Å². The van der Waals surface area contributed by atoms with Crippen LogP contribution in [0.3, 0.4) is 0 Å². The van der Waals surface area contributed by atoms with Crippen LogP contribution in [0.2, 0.25) is 0 Å². The summed E-state index contributed by atoms with van der Waals surface area (Å²) in [5.41, 5.74) is 0.509. The van der Waals surface area contributed by atoms with Crippen molar-refractivity contribution in [2.24, 2.45) is 11.3 Å². The van der Waals surface area contributed by atoms with Gasteiger partial charge in [0.25, 0.3) is 0 Å². The molecular weight excluding hydrogens is 242 g/mol. The summed E-state index contributed by atoms with van der Waals surface area (Å²) in [5, 5.41) is 4.04. The van der Waals surface area contributed by atoms with Gasteiger partial charge in [-0.1, -0.05) is 59.3 Å². The van der Waals surface area contributed by atoms with Gasteiger partial charge in [-0.05, 0) is 49.9 Å². The highest BCUT2D eigenvalue weighted by Crippen LogP contribution is 2.37. The average Bonchev–Trinajstić information content (AvgIpc) is 2.57. The first-order valence-electron chi connectivity index (χ1n) is 9.32. The molecule has 1 nitrogen and oxygen atoms in total. The van der Waals surface area contributed by atoms with Crippen molar-refractivity contribution in [1.29, 1.82) is 0 Å². The molecule has 2 atom stereocenters. The summed E-state index contributed by atoms with van der Waals surface area (Å²) in [4.78, 5) is 0. The van der Waals surface area contributed by atoms with Gasteiger partial charge in [0.05, 0.1) is 0 Å². The van der Waals surface area contributed by atoms with Gasteiger partial charge in [-0.2, -0.15) is 0 Å². The fourth-order valence-electron chi connectivity index (χ4n) is 4.29. The Bertz CT molecular complexity index is 257. The molecule has 0 saturated heterocycles. The van der Waals surface area contributed by atoms with Crippen LogP contribution in [-0.2, 0) is 0 Å². The van der Waals surface area contributed by atoms with Crippen molar-refractivity contribution in [2.45, 2.75) is 110 Å². The van der Waals surface area contributed by atoms with Gasteiger partial charge in [0.1, 0.15) is 0 Å². The maximum absolute atomic E-state index is 4.04. The second-order valence-electron chi connectivity index (χ2n) is 8.48. The lowest BCUT2D eigenvalue weighted by atomic mass is 9.76. The number of nitrogens with one attached hydrogen (secondary N) is 1. The lowest BCUT2D eigenvalue weighted by molar-refractivity contribution is 0.212. The Labute approximate surface area is 127 Å². The summed E-state index contributed by atoms with van der Waals surface area (Å²) in [6.45, 7) is 7.29. The van der Waals surface area contributed by atoms with Crippen LogP contribution in [0.15, 0.2) is 0 Å². The molecule has 0 aliphatic heterocycles. The zero-order valence-corrected chi connectivity index (χ0v) is 14.2. The SMILES string of the molecule is CC(C)(C)C1CCCC(NC2CCCCCCC2)CC1. The molecule has 0 radical (unpaired) electrons. The van der Waals surface area contributed by atoms with Crippen molar-refractivity contribution in [3.05, 3.63) is 0 Å². The van der Waals surface area contributed by atoms with E-state index in [1.54, 1.807) is 0 Å². The van der Waals surface area contributed by atoms with E-state index in [1.807, 2.05) is 0 Å². The Hall–Kier alpha value is -0.0400. The maximum atomic E-state index is 4.04. The van der Waals surface area contributed by atoms with E-state index in [4.69, 9.17) is 0 Å². The van der Waals surface area contributed by atoms with Gasteiger partial charge < -0.3 is 5.32 Å². The van der Waals surface area contributed by atoms with Gasteiger partial charge in [0.15, 0.2) is 0 Å². The summed E-state index contributed by atoms with van der Waals surface area (Å²) in [6.07, 6.45) is 17.3. The normalized spacial score (nSPS) is 31.4. The zero-order valence-electron chi connectivity index (χ0n) is 14.2. The predicted octanol–water partition coefficient (Wildman–Crippen LogP) is 5.68. The topological polar surface area (TPSA) is 12.0 Å². The Balaban J connectivity index is 1.78. The van der Waals surface area contributed by atoms with Crippen LogP contribution in [0.1, 0.15) is 97.8 Å². The molecule has 2 rings (SSSR count). The van der Waals surface area contributed by atoms with Crippen molar-refractivity contribution in [3.63, 3.8) is 0 Å². The quantitative estimate of drug-likeness (QED) is 0.641. The zero-order chi connectivity index (χ0) is 14.4. The fourth-order valence-corrected chi connectivity index (χ4v) is 4.29. The van der Waals surface area contributed by atoms with Crippen LogP contribution in [0.25, 0.3) is 0 Å². The molecule has 20 heavy (non-hydrogen) atoms. The van der Waals surface area contributed by atoms with E-state index in [0.29, 0.717) is 5.41 Å². The van der Waals surface area contributed by atoms with Gasteiger partial charge in [0.2, 0.25) is 0 Å². The Morgan fingerprint density at radius 3 is 1.80 bits per heavy atom. The van der Waals surface area contributed by atoms with Crippen LogP contribution < -0.4 is 5.32 Å². The second kappa shape index (κ2) is 7.82. The third-order valence-electron chi connectivity index (χ3n) is 5.77. The first kappa shape index (κ1) is 16.3. The highest BCUT2D eigenvalue weighted by molar-refractivity contribution is 4.83. The molecule has 1 N–H and O–H groups in total. The van der Waals surface area contributed by atoms with Gasteiger partial charge >= 0.3 is 0 Å². The highest BCUT2D eigenvalue weighted by atomic mass is 14.9. The van der Waals surface area contributed by atoms with E-state index in [0.717, 1.165) is 18.0 Å². The monoisotopic (exact) mass is 279 g/mol. The highest BCUT2D eigenvalue weighted by Gasteiger charge is 2.28. The Morgan fingerprint density at radius 1 is 0.600 bits per heavy atom. The van der Waals surface area contributed by atoms with Gasteiger partial charge in [-0.15, -0.1) is 0 Å². The van der Waals surface area contributed by atoms with Crippen LogP contribution in [0.4, 0.5) is 0 Å². The summed E-state index contributed by atoms with van der Waals surface area (Å²) in [6, 6.07) is 1.64. The Kier molecular flexibility index (Phi) is 6.39. The fraction of sp³-hybridized carbons (Fsp3) is 1.00. The van der Waals surface area contributed by atoms with Crippen molar-refractivity contribution < 1.29 is 0 Å². The first-order chi connectivity index (χ1) is 9.55. The van der Waals surface area contributed by atoms with Crippen molar-refractivity contribution in [1.82, 2.24) is 5.32 Å². The molecule has 2 fully saturated rings. The predicted molar refractivity (Wildman–Crippen MR) is 89.1 cm³/mol. The van der Waals surface area contributed by atoms with E-state index in [2.05, 4.69) is 26.1 Å². The molecular formula is C19H37N. The molecule has 0 bridgehead atoms. The van der Waals surface area contributed by atoms with E-state index in [9.17, 15) is 0 Å². The molecule has 0 aromatic heterocycles. The van der Waals surface area contributed by atoms with Crippen LogP contribution >= 0.6 is 0 Å². The minimum absolute atomic E-state index is 0.509. The summed E-state index contributed by atoms with van der Waals surface area (Å²) >= 11 is 0. The number of rotatable bonds is 2. The van der Waals surface area contributed by atoms with E-state index >= 15 is 0 Å². The van der Waals surface area contributed by atoms with E-state index in [-0.39, 0.29) is 0 Å². The van der Waals surface area contributed by atoms with E-state index < -0.39 is 0 Å².